The van der Waals surface area contributed by atoms with Crippen LogP contribution in [0.1, 0.15) is 20.3 Å². The molecule has 0 aliphatic heterocycles. The van der Waals surface area contributed by atoms with Crippen LogP contribution in [-0.2, 0) is 19.1 Å². The zero-order valence-corrected chi connectivity index (χ0v) is 10.1. The molecule has 6 heteroatoms. The summed E-state index contributed by atoms with van der Waals surface area (Å²) in [5.41, 5.74) is 0. The average molecular weight is 260 g/mol. The van der Waals surface area contributed by atoms with Crippen molar-refractivity contribution in [3.63, 3.8) is 0 Å². The number of carbonyl (C=O) groups is 3. The summed E-state index contributed by atoms with van der Waals surface area (Å²) in [6, 6.07) is 0. The van der Waals surface area contributed by atoms with E-state index < -0.39 is 47.1 Å². The molecule has 0 saturated heterocycles. The molecule has 0 aromatic rings. The summed E-state index contributed by atoms with van der Waals surface area (Å²) in [7, 11) is 0. The van der Waals surface area contributed by atoms with E-state index in [1.807, 2.05) is 0 Å². The van der Waals surface area contributed by atoms with Crippen LogP contribution in [0.4, 0.5) is 8.78 Å². The number of rotatable bonds is 3. The molecule has 0 N–H and O–H groups in total. The fourth-order valence-electron chi connectivity index (χ4n) is 3.03. The van der Waals surface area contributed by atoms with Crippen LogP contribution in [0.2, 0.25) is 0 Å². The molecule has 0 radical (unpaired) electrons. The van der Waals surface area contributed by atoms with Crippen molar-refractivity contribution in [2.24, 2.45) is 23.7 Å². The zero-order chi connectivity index (χ0) is 13.7. The van der Waals surface area contributed by atoms with Crippen molar-refractivity contribution in [3.8, 4) is 0 Å². The molecule has 0 heterocycles. The molecule has 18 heavy (non-hydrogen) atoms. The molecule has 4 nitrogen and oxygen atoms in total. The predicted molar refractivity (Wildman–Crippen MR) is 55.8 cm³/mol. The summed E-state index contributed by atoms with van der Waals surface area (Å²) in [4.78, 5) is 34.7. The number of hydrogen-bond acceptors (Lipinski definition) is 4. The molecule has 3 saturated carbocycles. The normalized spacial score (nSPS) is 36.8. The Morgan fingerprint density at radius 1 is 1.44 bits per heavy atom. The van der Waals surface area contributed by atoms with Gasteiger partial charge >= 0.3 is 5.97 Å². The molecule has 100 valence electrons. The monoisotopic (exact) mass is 260 g/mol. The van der Waals surface area contributed by atoms with Crippen LogP contribution in [0.25, 0.3) is 0 Å². The van der Waals surface area contributed by atoms with E-state index >= 15 is 0 Å². The molecule has 3 fully saturated rings. The SMILES string of the molecule is CCOC(=O)C(=O)C1CC2C(C)C(C1=O)C2(F)F. The minimum Gasteiger partial charge on any atom is -0.460 e. The summed E-state index contributed by atoms with van der Waals surface area (Å²) in [5.74, 6) is -9.99. The molecule has 4 unspecified atom stereocenters. The maximum Gasteiger partial charge on any atom is 0.375 e. The van der Waals surface area contributed by atoms with Crippen LogP contribution >= 0.6 is 0 Å². The van der Waals surface area contributed by atoms with Gasteiger partial charge in [0.2, 0.25) is 5.78 Å². The maximum atomic E-state index is 13.5. The third kappa shape index (κ3) is 1.58. The van der Waals surface area contributed by atoms with Gasteiger partial charge in [-0.25, -0.2) is 13.6 Å². The molecule has 0 aromatic heterocycles. The van der Waals surface area contributed by atoms with Gasteiger partial charge in [0.25, 0.3) is 5.92 Å². The summed E-state index contributed by atoms with van der Waals surface area (Å²) in [5, 5.41) is 0. The van der Waals surface area contributed by atoms with Crippen molar-refractivity contribution in [2.45, 2.75) is 26.2 Å². The van der Waals surface area contributed by atoms with Crippen LogP contribution < -0.4 is 0 Å². The highest BCUT2D eigenvalue weighted by Crippen LogP contribution is 2.60. The van der Waals surface area contributed by atoms with Crippen LogP contribution in [0.15, 0.2) is 0 Å². The van der Waals surface area contributed by atoms with Crippen LogP contribution in [0, 0.1) is 23.7 Å². The van der Waals surface area contributed by atoms with Crippen LogP contribution in [-0.4, -0.2) is 30.1 Å². The van der Waals surface area contributed by atoms with Gasteiger partial charge in [-0.15, -0.1) is 0 Å². The number of carbonyl (C=O) groups excluding carboxylic acids is 3. The molecule has 0 spiro atoms. The predicted octanol–water partition coefficient (Wildman–Crippen LogP) is 1.22. The van der Waals surface area contributed by atoms with Gasteiger partial charge < -0.3 is 4.74 Å². The minimum absolute atomic E-state index is 0.0188. The lowest BCUT2D eigenvalue weighted by atomic mass is 9.51. The molecule has 4 atom stereocenters. The first-order valence-corrected chi connectivity index (χ1v) is 5.94. The Hall–Kier alpha value is -1.33. The standard InChI is InChI=1S/C12H14F2O4/c1-3-18-11(17)10(16)6-4-7-5(2)8(9(6)15)12(7,13)14/h5-8H,3-4H2,1-2H3. The summed E-state index contributed by atoms with van der Waals surface area (Å²) in [6.45, 7) is 3.13. The number of esters is 1. The van der Waals surface area contributed by atoms with Gasteiger partial charge in [0.05, 0.1) is 18.4 Å². The number of ketones is 2. The van der Waals surface area contributed by atoms with E-state index in [9.17, 15) is 23.2 Å². The van der Waals surface area contributed by atoms with E-state index in [4.69, 9.17) is 0 Å². The third-order valence-corrected chi connectivity index (χ3v) is 4.00. The molecular weight excluding hydrogens is 246 g/mol. The van der Waals surface area contributed by atoms with E-state index in [1.54, 1.807) is 6.92 Å². The Balaban J connectivity index is 2.14. The lowest BCUT2D eigenvalue weighted by Crippen LogP contribution is -2.66. The topological polar surface area (TPSA) is 60.4 Å². The first-order chi connectivity index (χ1) is 8.32. The number of hydrogen-bond donors (Lipinski definition) is 0. The summed E-state index contributed by atoms with van der Waals surface area (Å²) < 4.78 is 31.5. The van der Waals surface area contributed by atoms with Crippen LogP contribution in [0.5, 0.6) is 0 Å². The van der Waals surface area contributed by atoms with E-state index in [-0.39, 0.29) is 13.0 Å². The molecule has 3 aliphatic carbocycles. The number of halogens is 2. The van der Waals surface area contributed by atoms with Crippen molar-refractivity contribution in [1.29, 1.82) is 0 Å². The van der Waals surface area contributed by atoms with Crippen molar-refractivity contribution in [1.82, 2.24) is 0 Å². The van der Waals surface area contributed by atoms with Crippen molar-refractivity contribution in [2.75, 3.05) is 6.61 Å². The largest absolute Gasteiger partial charge is 0.460 e. The molecular formula is C12H14F2O4. The highest BCUT2D eigenvalue weighted by molar-refractivity contribution is 6.38. The van der Waals surface area contributed by atoms with Gasteiger partial charge in [-0.2, -0.15) is 0 Å². The first-order valence-electron chi connectivity index (χ1n) is 5.94. The quantitative estimate of drug-likeness (QED) is 0.435. The molecule has 3 aliphatic rings. The zero-order valence-electron chi connectivity index (χ0n) is 10.1. The number of fused-ring (bicyclic) bond motifs is 2. The lowest BCUT2D eigenvalue weighted by Gasteiger charge is -2.54. The molecule has 2 bridgehead atoms. The Kier molecular flexibility index (Phi) is 2.99. The van der Waals surface area contributed by atoms with Gasteiger partial charge in [-0.05, 0) is 19.3 Å². The minimum atomic E-state index is -3.03. The molecule has 0 aromatic carbocycles. The van der Waals surface area contributed by atoms with Crippen LogP contribution in [0.3, 0.4) is 0 Å². The first kappa shape index (κ1) is 13.1. The summed E-state index contributed by atoms with van der Waals surface area (Å²) in [6.07, 6.45) is -0.249. The lowest BCUT2D eigenvalue weighted by molar-refractivity contribution is -0.243. The van der Waals surface area contributed by atoms with Gasteiger partial charge in [0.1, 0.15) is 0 Å². The maximum absolute atomic E-state index is 13.5. The van der Waals surface area contributed by atoms with Crippen molar-refractivity contribution >= 4 is 17.5 Å². The van der Waals surface area contributed by atoms with E-state index in [0.717, 1.165) is 0 Å². The molecule has 3 rings (SSSR count). The highest BCUT2D eigenvalue weighted by atomic mass is 19.3. The Morgan fingerprint density at radius 2 is 2.06 bits per heavy atom. The second-order valence-corrected chi connectivity index (χ2v) is 4.89. The van der Waals surface area contributed by atoms with Gasteiger partial charge in [-0.1, -0.05) is 6.92 Å². The van der Waals surface area contributed by atoms with E-state index in [2.05, 4.69) is 4.74 Å². The second kappa shape index (κ2) is 4.10. The van der Waals surface area contributed by atoms with E-state index in [1.165, 1.54) is 6.92 Å². The van der Waals surface area contributed by atoms with Crippen molar-refractivity contribution in [3.05, 3.63) is 0 Å². The number of alkyl halides is 2. The smallest absolute Gasteiger partial charge is 0.375 e. The van der Waals surface area contributed by atoms with Gasteiger partial charge in [0, 0.05) is 5.92 Å². The Morgan fingerprint density at radius 3 is 2.50 bits per heavy atom. The molecule has 0 amide bonds. The fourth-order valence-corrected chi connectivity index (χ4v) is 3.03. The second-order valence-electron chi connectivity index (χ2n) is 4.89. The highest BCUT2D eigenvalue weighted by Gasteiger charge is 2.70. The van der Waals surface area contributed by atoms with Gasteiger partial charge in [-0.3, -0.25) is 9.59 Å². The number of Topliss-reactive ketones (excluding diaryl/α,β-unsaturated/α-hetero) is 2. The summed E-state index contributed by atoms with van der Waals surface area (Å²) >= 11 is 0. The third-order valence-electron chi connectivity index (χ3n) is 4.00. The Bertz CT molecular complexity index is 418. The Labute approximate surface area is 103 Å². The van der Waals surface area contributed by atoms with Gasteiger partial charge in [0.15, 0.2) is 5.78 Å². The fraction of sp³-hybridized carbons (Fsp3) is 0.750. The van der Waals surface area contributed by atoms with E-state index in [0.29, 0.717) is 0 Å². The average Bonchev–Trinajstić information content (AvgIpc) is 2.28. The number of ether oxygens (including phenoxy) is 1. The van der Waals surface area contributed by atoms with Crippen molar-refractivity contribution < 1.29 is 27.9 Å².